The van der Waals surface area contributed by atoms with Crippen LogP contribution in [-0.4, -0.2) is 10.2 Å². The third kappa shape index (κ3) is 1.24. The average molecular weight is 199 g/mol. The Labute approximate surface area is 79.1 Å². The van der Waals surface area contributed by atoms with E-state index in [1.54, 1.807) is 12.1 Å². The zero-order valence-electron chi connectivity index (χ0n) is 5.96. The van der Waals surface area contributed by atoms with Crippen LogP contribution in [0.25, 0.3) is 10.9 Å². The first-order valence-corrected chi connectivity index (χ1v) is 4.09. The molecule has 60 valence electrons. The number of fused-ring (bicyclic) bond motifs is 1. The summed E-state index contributed by atoms with van der Waals surface area (Å²) >= 11 is 11.6. The molecule has 0 saturated heterocycles. The second-order valence-electron chi connectivity index (χ2n) is 2.35. The smallest absolute Gasteiger partial charge is 0.0959 e. The number of aromatic nitrogens is 2. The van der Waals surface area contributed by atoms with Gasteiger partial charge in [-0.05, 0) is 18.2 Å². The maximum atomic E-state index is 5.86. The van der Waals surface area contributed by atoms with Gasteiger partial charge in [0, 0.05) is 10.4 Å². The van der Waals surface area contributed by atoms with Crippen LogP contribution in [0, 0.1) is 0 Å². The lowest BCUT2D eigenvalue weighted by Gasteiger charge is -1.97. The molecule has 0 spiro atoms. The summed E-state index contributed by atoms with van der Waals surface area (Å²) in [5, 5.41) is 9.70. The van der Waals surface area contributed by atoms with E-state index in [0.29, 0.717) is 10.0 Å². The molecule has 0 N–H and O–H groups in total. The summed E-state index contributed by atoms with van der Waals surface area (Å²) in [4.78, 5) is 0. The summed E-state index contributed by atoms with van der Waals surface area (Å²) in [7, 11) is 0. The molecular formula is C8H4Cl2N2. The van der Waals surface area contributed by atoms with E-state index >= 15 is 0 Å². The summed E-state index contributed by atoms with van der Waals surface area (Å²) in [6.45, 7) is 0. The summed E-state index contributed by atoms with van der Waals surface area (Å²) in [5.74, 6) is 0. The molecule has 0 aliphatic rings. The zero-order chi connectivity index (χ0) is 8.55. The number of rotatable bonds is 0. The van der Waals surface area contributed by atoms with E-state index in [4.69, 9.17) is 23.2 Å². The van der Waals surface area contributed by atoms with Gasteiger partial charge in [-0.15, -0.1) is 0 Å². The number of halogens is 2. The molecule has 2 nitrogen and oxygen atoms in total. The van der Waals surface area contributed by atoms with E-state index < -0.39 is 0 Å². The van der Waals surface area contributed by atoms with E-state index in [9.17, 15) is 0 Å². The minimum atomic E-state index is 0.594. The topological polar surface area (TPSA) is 25.8 Å². The lowest BCUT2D eigenvalue weighted by molar-refractivity contribution is 1.08. The predicted molar refractivity (Wildman–Crippen MR) is 49.6 cm³/mol. The van der Waals surface area contributed by atoms with Gasteiger partial charge in [-0.2, -0.15) is 10.2 Å². The van der Waals surface area contributed by atoms with Crippen LogP contribution >= 0.6 is 23.2 Å². The molecule has 0 atom stereocenters. The van der Waals surface area contributed by atoms with Crippen molar-refractivity contribution in [2.24, 2.45) is 0 Å². The van der Waals surface area contributed by atoms with Crippen LogP contribution in [0.4, 0.5) is 0 Å². The van der Waals surface area contributed by atoms with Gasteiger partial charge < -0.3 is 0 Å². The molecule has 1 aromatic heterocycles. The van der Waals surface area contributed by atoms with Crippen LogP contribution in [-0.2, 0) is 0 Å². The van der Waals surface area contributed by atoms with E-state index in [0.717, 1.165) is 10.9 Å². The maximum Gasteiger partial charge on any atom is 0.0959 e. The third-order valence-corrected chi connectivity index (χ3v) is 2.09. The van der Waals surface area contributed by atoms with Gasteiger partial charge in [0.15, 0.2) is 0 Å². The van der Waals surface area contributed by atoms with E-state index in [1.807, 2.05) is 6.07 Å². The number of nitrogens with zero attached hydrogens (tertiary/aromatic N) is 2. The Morgan fingerprint density at radius 1 is 1.17 bits per heavy atom. The highest BCUT2D eigenvalue weighted by Crippen LogP contribution is 2.22. The Hall–Kier alpha value is -0.860. The van der Waals surface area contributed by atoms with Crippen molar-refractivity contribution in [1.82, 2.24) is 10.2 Å². The second-order valence-corrected chi connectivity index (χ2v) is 3.20. The Bertz CT molecular complexity index is 428. The predicted octanol–water partition coefficient (Wildman–Crippen LogP) is 2.94. The molecule has 0 saturated carbocycles. The molecule has 4 heteroatoms. The highest BCUT2D eigenvalue weighted by atomic mass is 35.5. The Kier molecular flexibility index (Phi) is 1.87. The molecule has 0 amide bonds. The average Bonchev–Trinajstić information content (AvgIpc) is 2.04. The molecule has 0 bridgehead atoms. The number of hydrogen-bond acceptors (Lipinski definition) is 2. The lowest BCUT2D eigenvalue weighted by atomic mass is 10.2. The molecule has 1 aromatic carbocycles. The van der Waals surface area contributed by atoms with Gasteiger partial charge in [0.25, 0.3) is 0 Å². The summed E-state index contributed by atoms with van der Waals surface area (Å²) in [6.07, 6.45) is 1.51. The van der Waals surface area contributed by atoms with E-state index in [-0.39, 0.29) is 0 Å². The SMILES string of the molecule is Clc1ccc2c(Cl)cnnc2c1. The molecule has 0 unspecified atom stereocenters. The van der Waals surface area contributed by atoms with E-state index in [2.05, 4.69) is 10.2 Å². The van der Waals surface area contributed by atoms with Crippen molar-refractivity contribution in [3.8, 4) is 0 Å². The fourth-order valence-electron chi connectivity index (χ4n) is 1.00. The van der Waals surface area contributed by atoms with Crippen molar-refractivity contribution in [1.29, 1.82) is 0 Å². The largest absolute Gasteiger partial charge is 0.157 e. The monoisotopic (exact) mass is 198 g/mol. The highest BCUT2D eigenvalue weighted by Gasteiger charge is 1.99. The minimum absolute atomic E-state index is 0.594. The van der Waals surface area contributed by atoms with Gasteiger partial charge in [-0.1, -0.05) is 23.2 Å². The summed E-state index contributed by atoms with van der Waals surface area (Å²) in [5.41, 5.74) is 0.718. The van der Waals surface area contributed by atoms with Crippen LogP contribution in [0.15, 0.2) is 24.4 Å². The molecule has 1 heterocycles. The fraction of sp³-hybridized carbons (Fsp3) is 0. The van der Waals surface area contributed by atoms with E-state index in [1.165, 1.54) is 6.20 Å². The van der Waals surface area contributed by atoms with Crippen molar-refractivity contribution >= 4 is 34.1 Å². The maximum absolute atomic E-state index is 5.86. The van der Waals surface area contributed by atoms with Crippen LogP contribution in [0.3, 0.4) is 0 Å². The molecule has 2 rings (SSSR count). The fourth-order valence-corrected chi connectivity index (χ4v) is 1.37. The van der Waals surface area contributed by atoms with Crippen LogP contribution in [0.5, 0.6) is 0 Å². The second kappa shape index (κ2) is 2.88. The first kappa shape index (κ1) is 7.77. The molecule has 0 aliphatic carbocycles. The Morgan fingerprint density at radius 2 is 2.00 bits per heavy atom. The van der Waals surface area contributed by atoms with Crippen molar-refractivity contribution in [2.45, 2.75) is 0 Å². The van der Waals surface area contributed by atoms with Crippen LogP contribution in [0.1, 0.15) is 0 Å². The Balaban J connectivity index is 2.86. The summed E-state index contributed by atoms with van der Waals surface area (Å²) < 4.78 is 0. The quantitative estimate of drug-likeness (QED) is 0.651. The first-order valence-electron chi connectivity index (χ1n) is 3.34. The molecule has 0 radical (unpaired) electrons. The van der Waals surface area contributed by atoms with Gasteiger partial charge in [0.1, 0.15) is 0 Å². The number of hydrogen-bond donors (Lipinski definition) is 0. The molecule has 12 heavy (non-hydrogen) atoms. The third-order valence-electron chi connectivity index (χ3n) is 1.55. The zero-order valence-corrected chi connectivity index (χ0v) is 7.47. The number of benzene rings is 1. The molecule has 0 fully saturated rings. The molecule has 2 aromatic rings. The minimum Gasteiger partial charge on any atom is -0.157 e. The van der Waals surface area contributed by atoms with Crippen molar-refractivity contribution in [2.75, 3.05) is 0 Å². The van der Waals surface area contributed by atoms with Crippen molar-refractivity contribution in [3.63, 3.8) is 0 Å². The highest BCUT2D eigenvalue weighted by molar-refractivity contribution is 6.36. The van der Waals surface area contributed by atoms with Crippen LogP contribution in [0.2, 0.25) is 10.0 Å². The Morgan fingerprint density at radius 3 is 2.83 bits per heavy atom. The van der Waals surface area contributed by atoms with Gasteiger partial charge in [0.05, 0.1) is 16.7 Å². The first-order chi connectivity index (χ1) is 5.77. The summed E-state index contributed by atoms with van der Waals surface area (Å²) in [6, 6.07) is 5.34. The molecular weight excluding hydrogens is 195 g/mol. The normalized spacial score (nSPS) is 10.5. The van der Waals surface area contributed by atoms with Gasteiger partial charge >= 0.3 is 0 Å². The lowest BCUT2D eigenvalue weighted by Crippen LogP contribution is -1.83. The van der Waals surface area contributed by atoms with Crippen molar-refractivity contribution in [3.05, 3.63) is 34.4 Å². The van der Waals surface area contributed by atoms with Crippen LogP contribution < -0.4 is 0 Å². The van der Waals surface area contributed by atoms with Crippen molar-refractivity contribution < 1.29 is 0 Å². The van der Waals surface area contributed by atoms with Gasteiger partial charge in [0.2, 0.25) is 0 Å². The van der Waals surface area contributed by atoms with Gasteiger partial charge in [-0.3, -0.25) is 0 Å². The molecule has 0 aliphatic heterocycles. The standard InChI is InChI=1S/C8H4Cl2N2/c9-5-1-2-6-7(10)4-11-12-8(6)3-5/h1-4H. The van der Waals surface area contributed by atoms with Gasteiger partial charge in [-0.25, -0.2) is 0 Å².